The summed E-state index contributed by atoms with van der Waals surface area (Å²) < 4.78 is 72.4. The molecule has 16 heteroatoms. The normalized spacial score (nSPS) is 26.2. The highest BCUT2D eigenvalue weighted by Crippen LogP contribution is 2.44. The number of benzene rings is 2. The molecule has 0 aliphatic carbocycles. The van der Waals surface area contributed by atoms with Gasteiger partial charge in [0, 0.05) is 73.3 Å². The van der Waals surface area contributed by atoms with Crippen LogP contribution < -0.4 is 10.4 Å². The summed E-state index contributed by atoms with van der Waals surface area (Å²) in [7, 11) is -0.0489. The summed E-state index contributed by atoms with van der Waals surface area (Å²) in [6, 6.07) is 20.9. The zero-order valence-electron chi connectivity index (χ0n) is 50.6. The number of carbonyl (C=O) groups is 1. The average molecular weight is 1110 g/mol. The Hall–Kier alpha value is -2.14. The van der Waals surface area contributed by atoms with Crippen molar-refractivity contribution in [2.24, 2.45) is 11.3 Å². The first-order valence-electron chi connectivity index (χ1n) is 27.3. The van der Waals surface area contributed by atoms with Crippen LogP contribution >= 0.6 is 0 Å². The maximum absolute atomic E-state index is 15.3. The third-order valence-corrected chi connectivity index (χ3v) is 30.8. The maximum atomic E-state index is 15.3. The number of esters is 1. The molecule has 3 rings (SSSR count). The lowest BCUT2D eigenvalue weighted by Gasteiger charge is -2.49. The van der Waals surface area contributed by atoms with Crippen LogP contribution in [-0.2, 0) is 56.0 Å². The van der Waals surface area contributed by atoms with Gasteiger partial charge in [-0.2, -0.15) is 0 Å². The fraction of sp³-hybridized carbons (Fsp3) is 0.746. The molecule has 1 heterocycles. The highest BCUT2D eigenvalue weighted by Gasteiger charge is 2.54. The first-order valence-corrected chi connectivity index (χ1v) is 35.0. The van der Waals surface area contributed by atoms with E-state index in [0.717, 1.165) is 22.4 Å². The van der Waals surface area contributed by atoms with Gasteiger partial charge in [0.25, 0.3) is 8.32 Å². The van der Waals surface area contributed by atoms with Crippen molar-refractivity contribution >= 4 is 41.3 Å². The summed E-state index contributed by atoms with van der Waals surface area (Å²) in [6.45, 7) is 37.4. The van der Waals surface area contributed by atoms with Crippen molar-refractivity contribution in [3.8, 4) is 0 Å². The Morgan fingerprint density at radius 3 is 1.65 bits per heavy atom. The molecule has 1 saturated heterocycles. The highest BCUT2D eigenvalue weighted by atomic mass is 28.4. The molecule has 10 atom stereocenters. The predicted molar refractivity (Wildman–Crippen MR) is 309 cm³/mol. The quantitative estimate of drug-likeness (QED) is 0.0550. The van der Waals surface area contributed by atoms with Gasteiger partial charge in [-0.3, -0.25) is 0 Å². The standard InChI is InChI=1S/C59H104O13Si3/c1-23-43(39-69-73(19,20)56(3,4)5)34-42(2)48-35-44(64-16)38-51(67-40-62-14)59(12,13)54(60)52(72-74(21,22)57(6,7)8)49(65-17)36-45(37-50(66-18)53(55(61)70-48)68-41-63-15)71-75(58(9,10)11,46-30-26-24-27-31-46)47-32-28-25-29-33-47/h24-34,43-45,48-54,60H,23,35-41H2,1-22H3/b42-34-/t43-,44-,45-,48+,49-,50-,51+,52-,53+,54-/m1/s1. The van der Waals surface area contributed by atoms with E-state index in [9.17, 15) is 5.11 Å². The van der Waals surface area contributed by atoms with Crippen LogP contribution in [0.1, 0.15) is 122 Å². The van der Waals surface area contributed by atoms with Crippen LogP contribution in [0.5, 0.6) is 0 Å². The van der Waals surface area contributed by atoms with Crippen LogP contribution in [0.4, 0.5) is 0 Å². The highest BCUT2D eigenvalue weighted by molar-refractivity contribution is 6.99. The van der Waals surface area contributed by atoms with Gasteiger partial charge in [0.1, 0.15) is 19.7 Å². The molecule has 2 aromatic rings. The molecule has 430 valence electrons. The lowest BCUT2D eigenvalue weighted by Crippen LogP contribution is -2.68. The second-order valence-corrected chi connectivity index (χ2v) is 39.3. The van der Waals surface area contributed by atoms with Crippen molar-refractivity contribution in [3.05, 3.63) is 72.3 Å². The van der Waals surface area contributed by atoms with E-state index in [1.807, 2.05) is 32.9 Å². The fourth-order valence-corrected chi connectivity index (χ4v) is 16.7. The lowest BCUT2D eigenvalue weighted by molar-refractivity contribution is -0.191. The van der Waals surface area contributed by atoms with Gasteiger partial charge in [0.15, 0.2) is 22.7 Å². The zero-order chi connectivity index (χ0) is 56.8. The van der Waals surface area contributed by atoms with E-state index < -0.39 is 96.3 Å². The summed E-state index contributed by atoms with van der Waals surface area (Å²) in [5.74, 6) is -0.567. The molecule has 1 aliphatic rings. The van der Waals surface area contributed by atoms with Crippen LogP contribution in [0.25, 0.3) is 0 Å². The number of cyclic esters (lactones) is 1. The molecule has 2 aromatic carbocycles. The number of hydrogen-bond donors (Lipinski definition) is 1. The van der Waals surface area contributed by atoms with E-state index in [2.05, 4.69) is 150 Å². The molecule has 1 fully saturated rings. The summed E-state index contributed by atoms with van der Waals surface area (Å²) in [5.41, 5.74) is -0.145. The van der Waals surface area contributed by atoms with Gasteiger partial charge in [-0.05, 0) is 76.5 Å². The van der Waals surface area contributed by atoms with Crippen molar-refractivity contribution in [1.29, 1.82) is 0 Å². The molecule has 0 bridgehead atoms. The number of rotatable bonds is 21. The van der Waals surface area contributed by atoms with Gasteiger partial charge >= 0.3 is 5.97 Å². The topological polar surface area (TPSA) is 139 Å². The summed E-state index contributed by atoms with van der Waals surface area (Å²) in [5, 5.41) is 14.9. The first-order chi connectivity index (χ1) is 34.8. The Balaban J connectivity index is 2.50. The Bertz CT molecular complexity index is 1960. The van der Waals surface area contributed by atoms with Crippen LogP contribution in [0.3, 0.4) is 0 Å². The van der Waals surface area contributed by atoms with Crippen molar-refractivity contribution < 1.29 is 61.1 Å². The Morgan fingerprint density at radius 2 is 1.20 bits per heavy atom. The lowest BCUT2D eigenvalue weighted by atomic mass is 9.74. The van der Waals surface area contributed by atoms with Gasteiger partial charge in [-0.1, -0.05) is 150 Å². The maximum Gasteiger partial charge on any atom is 0.338 e. The Morgan fingerprint density at radius 1 is 0.693 bits per heavy atom. The number of hydrogen-bond acceptors (Lipinski definition) is 13. The van der Waals surface area contributed by atoms with Crippen molar-refractivity contribution in [2.75, 3.05) is 55.7 Å². The molecule has 0 unspecified atom stereocenters. The molecule has 0 aromatic heterocycles. The molecular weight excluding hydrogens is 1000 g/mol. The van der Waals surface area contributed by atoms with Crippen molar-refractivity contribution in [3.63, 3.8) is 0 Å². The molecular formula is C59H104O13Si3. The molecule has 0 radical (unpaired) electrons. The second-order valence-electron chi connectivity index (χ2n) is 25.5. The van der Waals surface area contributed by atoms with E-state index in [1.54, 1.807) is 28.4 Å². The number of aliphatic hydroxyl groups is 1. The van der Waals surface area contributed by atoms with Crippen molar-refractivity contribution in [2.45, 2.75) is 218 Å². The molecule has 0 amide bonds. The third-order valence-electron chi connectivity index (χ3n) is 16.7. The number of ether oxygens (including phenoxy) is 8. The predicted octanol–water partition coefficient (Wildman–Crippen LogP) is 11.2. The first kappa shape index (κ1) is 67.1. The molecule has 75 heavy (non-hydrogen) atoms. The van der Waals surface area contributed by atoms with E-state index in [-0.39, 0.29) is 48.8 Å². The number of aliphatic hydroxyl groups excluding tert-OH is 1. The smallest absolute Gasteiger partial charge is 0.338 e. The minimum atomic E-state index is -3.32. The van der Waals surface area contributed by atoms with Crippen LogP contribution in [0, 0.1) is 11.3 Å². The summed E-state index contributed by atoms with van der Waals surface area (Å²) in [6.07, 6.45) is -3.54. The summed E-state index contributed by atoms with van der Waals surface area (Å²) >= 11 is 0. The molecule has 0 saturated carbocycles. The molecule has 0 spiro atoms. The number of carbonyl (C=O) groups excluding carboxylic acids is 1. The minimum absolute atomic E-state index is 0.0339. The molecule has 1 N–H and O–H groups in total. The van der Waals surface area contributed by atoms with Crippen molar-refractivity contribution in [1.82, 2.24) is 0 Å². The van der Waals surface area contributed by atoms with E-state index >= 15 is 4.79 Å². The monoisotopic (exact) mass is 1100 g/mol. The second kappa shape index (κ2) is 28.8. The molecule has 1 aliphatic heterocycles. The van der Waals surface area contributed by atoms with Crippen LogP contribution in [0.15, 0.2) is 72.3 Å². The van der Waals surface area contributed by atoms with Gasteiger partial charge < -0.3 is 56.3 Å². The van der Waals surface area contributed by atoms with Gasteiger partial charge in [0.05, 0.1) is 42.7 Å². The van der Waals surface area contributed by atoms with E-state index in [0.29, 0.717) is 13.0 Å². The SMILES string of the molecule is CC[C@H](/C=C(/C)[C@@H]1C[C@@H](OC)C[C@H](OCOC)C(C)(C)[C@H](O)[C@H](O[Si](C)(C)C(C)(C)C)[C@H](OC)C[C@@H](O[Si](c2ccccc2)(c2ccccc2)C(C)(C)C)C[C@@H](OC)[C@H](OCOC)C(=O)O1)CO[Si](C)(C)C(C)(C)C. The van der Waals surface area contributed by atoms with Crippen LogP contribution in [0.2, 0.25) is 41.3 Å². The Kier molecular flexibility index (Phi) is 25.8. The summed E-state index contributed by atoms with van der Waals surface area (Å²) in [4.78, 5) is 15.3. The van der Waals surface area contributed by atoms with Crippen LogP contribution in [-0.4, -0.2) is 147 Å². The van der Waals surface area contributed by atoms with Gasteiger partial charge in [-0.25, -0.2) is 4.79 Å². The van der Waals surface area contributed by atoms with E-state index in [1.165, 1.54) is 7.11 Å². The minimum Gasteiger partial charge on any atom is -0.456 e. The van der Waals surface area contributed by atoms with E-state index in [4.69, 9.17) is 51.2 Å². The fourth-order valence-electron chi connectivity index (χ4n) is 9.63. The van der Waals surface area contributed by atoms with Gasteiger partial charge in [0.2, 0.25) is 0 Å². The number of methoxy groups -OCH3 is 5. The third kappa shape index (κ3) is 17.7. The Labute approximate surface area is 458 Å². The average Bonchev–Trinajstić information content (AvgIpc) is 3.34. The van der Waals surface area contributed by atoms with Gasteiger partial charge in [-0.15, -0.1) is 0 Å². The molecule has 13 nitrogen and oxygen atoms in total. The zero-order valence-corrected chi connectivity index (χ0v) is 53.6. The largest absolute Gasteiger partial charge is 0.456 e.